The number of methoxy groups -OCH3 is 1. The zero-order valence-electron chi connectivity index (χ0n) is 11.5. The van der Waals surface area contributed by atoms with Gasteiger partial charge in [0.05, 0.1) is 12.0 Å². The summed E-state index contributed by atoms with van der Waals surface area (Å²) in [6.45, 7) is 1.36. The molecule has 0 unspecified atom stereocenters. The number of piperidine rings is 1. The molecule has 2 rings (SSSR count). The fraction of sp³-hybridized carbons (Fsp3) is 0.846. The van der Waals surface area contributed by atoms with E-state index in [1.165, 1.54) is 0 Å². The Kier molecular flexibility index (Phi) is 4.29. The van der Waals surface area contributed by atoms with Gasteiger partial charge in [0, 0.05) is 26.1 Å². The van der Waals surface area contributed by atoms with Gasteiger partial charge in [0.2, 0.25) is 5.91 Å². The first kappa shape index (κ1) is 14.1. The van der Waals surface area contributed by atoms with Crippen molar-refractivity contribution in [2.75, 3.05) is 20.2 Å². The van der Waals surface area contributed by atoms with Crippen LogP contribution in [0.15, 0.2) is 5.16 Å². The number of nitrogens with two attached hydrogens (primary N) is 1. The van der Waals surface area contributed by atoms with Crippen molar-refractivity contribution in [2.24, 2.45) is 16.8 Å². The fourth-order valence-corrected chi connectivity index (χ4v) is 2.92. The van der Waals surface area contributed by atoms with Crippen molar-refractivity contribution in [2.45, 2.75) is 44.1 Å². The Morgan fingerprint density at radius 1 is 1.47 bits per heavy atom. The van der Waals surface area contributed by atoms with Gasteiger partial charge in [0.15, 0.2) is 0 Å². The quantitative estimate of drug-likeness (QED) is 0.344. The van der Waals surface area contributed by atoms with Gasteiger partial charge in [-0.15, -0.1) is 0 Å². The summed E-state index contributed by atoms with van der Waals surface area (Å²) in [6, 6.07) is 0. The van der Waals surface area contributed by atoms with E-state index in [9.17, 15) is 4.79 Å². The lowest BCUT2D eigenvalue weighted by Crippen LogP contribution is -2.47. The summed E-state index contributed by atoms with van der Waals surface area (Å²) in [6.07, 6.45) is 5.12. The first-order valence-corrected chi connectivity index (χ1v) is 6.90. The summed E-state index contributed by atoms with van der Waals surface area (Å²) >= 11 is 0. The third-order valence-electron chi connectivity index (χ3n) is 4.55. The van der Waals surface area contributed by atoms with E-state index in [0.717, 1.165) is 32.1 Å². The van der Waals surface area contributed by atoms with Crippen molar-refractivity contribution in [3.05, 3.63) is 0 Å². The van der Waals surface area contributed by atoms with Gasteiger partial charge >= 0.3 is 0 Å². The van der Waals surface area contributed by atoms with Crippen LogP contribution >= 0.6 is 0 Å². The largest absolute Gasteiger partial charge is 0.409 e. The molecule has 0 aromatic heterocycles. The topological polar surface area (TPSA) is 88.2 Å². The molecule has 1 heterocycles. The van der Waals surface area contributed by atoms with Gasteiger partial charge in [-0.25, -0.2) is 0 Å². The Balaban J connectivity index is 1.82. The highest BCUT2D eigenvalue weighted by Crippen LogP contribution is 2.38. The van der Waals surface area contributed by atoms with Gasteiger partial charge < -0.3 is 20.6 Å². The minimum absolute atomic E-state index is 0.0918. The number of oxime groups is 1. The number of amidine groups is 1. The smallest absolute Gasteiger partial charge is 0.225 e. The van der Waals surface area contributed by atoms with Crippen molar-refractivity contribution in [1.82, 2.24) is 4.90 Å². The fourth-order valence-electron chi connectivity index (χ4n) is 2.92. The summed E-state index contributed by atoms with van der Waals surface area (Å²) in [5, 5.41) is 11.7. The molecule has 6 heteroatoms. The van der Waals surface area contributed by atoms with E-state index in [2.05, 4.69) is 5.16 Å². The summed E-state index contributed by atoms with van der Waals surface area (Å²) in [7, 11) is 1.69. The van der Waals surface area contributed by atoms with Crippen LogP contribution < -0.4 is 5.73 Å². The number of rotatable bonds is 4. The second kappa shape index (κ2) is 5.77. The Bertz CT molecular complexity index is 353. The van der Waals surface area contributed by atoms with Gasteiger partial charge in [-0.3, -0.25) is 4.79 Å². The molecule has 108 valence electrons. The number of likely N-dealkylation sites (tertiary alicyclic amines) is 1. The van der Waals surface area contributed by atoms with Crippen LogP contribution in [0.5, 0.6) is 0 Å². The Labute approximate surface area is 113 Å². The van der Waals surface area contributed by atoms with Crippen LogP contribution in [-0.4, -0.2) is 47.7 Å². The van der Waals surface area contributed by atoms with Gasteiger partial charge in [0.25, 0.3) is 0 Å². The lowest BCUT2D eigenvalue weighted by atomic mass is 9.77. The van der Waals surface area contributed by atoms with Crippen molar-refractivity contribution in [1.29, 1.82) is 0 Å². The standard InChI is InChI=1S/C13H23N3O3/c1-19-13(5-2-6-13)9-11(17)16-7-3-10(4-8-16)12(14)15-18/h10,18H,2-9H2,1H3,(H2,14,15). The maximum Gasteiger partial charge on any atom is 0.225 e. The number of carbonyl (C=O) groups is 1. The highest BCUT2D eigenvalue weighted by atomic mass is 16.5. The minimum Gasteiger partial charge on any atom is -0.409 e. The maximum absolute atomic E-state index is 12.2. The molecule has 1 amide bonds. The molecule has 6 nitrogen and oxygen atoms in total. The third kappa shape index (κ3) is 3.00. The molecule has 0 bridgehead atoms. The number of nitrogens with zero attached hydrogens (tertiary/aromatic N) is 2. The Morgan fingerprint density at radius 2 is 2.11 bits per heavy atom. The van der Waals surface area contributed by atoms with Gasteiger partial charge in [-0.05, 0) is 32.1 Å². The van der Waals surface area contributed by atoms with Crippen LogP contribution in [0.4, 0.5) is 0 Å². The highest BCUT2D eigenvalue weighted by Gasteiger charge is 2.40. The second-order valence-electron chi connectivity index (χ2n) is 5.60. The van der Waals surface area contributed by atoms with E-state index in [1.807, 2.05) is 4.90 Å². The predicted molar refractivity (Wildman–Crippen MR) is 70.9 cm³/mol. The minimum atomic E-state index is -0.209. The van der Waals surface area contributed by atoms with E-state index >= 15 is 0 Å². The molecule has 19 heavy (non-hydrogen) atoms. The average molecular weight is 269 g/mol. The molecule has 0 aromatic rings. The number of carbonyl (C=O) groups excluding carboxylic acids is 1. The zero-order chi connectivity index (χ0) is 13.9. The summed E-state index contributed by atoms with van der Waals surface area (Å²) < 4.78 is 5.49. The molecule has 0 spiro atoms. The first-order valence-electron chi connectivity index (χ1n) is 6.90. The van der Waals surface area contributed by atoms with Gasteiger partial charge in [-0.1, -0.05) is 5.16 Å². The average Bonchev–Trinajstić information content (AvgIpc) is 2.42. The van der Waals surface area contributed by atoms with Crippen molar-refractivity contribution in [3.8, 4) is 0 Å². The number of ether oxygens (including phenoxy) is 1. The van der Waals surface area contributed by atoms with Crippen LogP contribution in [0.3, 0.4) is 0 Å². The molecule has 1 aliphatic carbocycles. The molecule has 3 N–H and O–H groups in total. The van der Waals surface area contributed by atoms with Crippen molar-refractivity contribution in [3.63, 3.8) is 0 Å². The maximum atomic E-state index is 12.2. The predicted octanol–water partition coefficient (Wildman–Crippen LogP) is 0.931. The summed E-state index contributed by atoms with van der Waals surface area (Å²) in [5.74, 6) is 0.535. The SMILES string of the molecule is COC1(CC(=O)N2CCC(C(N)=NO)CC2)CCC1. The monoisotopic (exact) mass is 269 g/mol. The molecule has 1 saturated heterocycles. The molecule has 1 aliphatic heterocycles. The molecule has 1 saturated carbocycles. The number of hydrogen-bond acceptors (Lipinski definition) is 4. The van der Waals surface area contributed by atoms with E-state index in [-0.39, 0.29) is 23.3 Å². The zero-order valence-corrected chi connectivity index (χ0v) is 11.5. The van der Waals surface area contributed by atoms with Crippen molar-refractivity contribution < 1.29 is 14.7 Å². The third-order valence-corrected chi connectivity index (χ3v) is 4.55. The van der Waals surface area contributed by atoms with Crippen LogP contribution in [0.2, 0.25) is 0 Å². The van der Waals surface area contributed by atoms with E-state index < -0.39 is 0 Å². The number of hydrogen-bond donors (Lipinski definition) is 2. The Morgan fingerprint density at radius 3 is 2.53 bits per heavy atom. The highest BCUT2D eigenvalue weighted by molar-refractivity contribution is 5.83. The molecular formula is C13H23N3O3. The van der Waals surface area contributed by atoms with Crippen LogP contribution in [0, 0.1) is 5.92 Å². The second-order valence-corrected chi connectivity index (χ2v) is 5.60. The van der Waals surface area contributed by atoms with Crippen LogP contribution in [-0.2, 0) is 9.53 Å². The van der Waals surface area contributed by atoms with E-state index in [1.54, 1.807) is 7.11 Å². The normalized spacial score (nSPS) is 24.1. The number of amides is 1. The lowest BCUT2D eigenvalue weighted by Gasteiger charge is -2.42. The van der Waals surface area contributed by atoms with Crippen LogP contribution in [0.25, 0.3) is 0 Å². The molecule has 0 radical (unpaired) electrons. The van der Waals surface area contributed by atoms with Gasteiger partial charge in [-0.2, -0.15) is 0 Å². The molecule has 0 aromatic carbocycles. The van der Waals surface area contributed by atoms with Crippen LogP contribution in [0.1, 0.15) is 38.5 Å². The Hall–Kier alpha value is -1.30. The molecule has 0 atom stereocenters. The summed E-state index contributed by atoms with van der Waals surface area (Å²) in [5.41, 5.74) is 5.39. The molecule has 2 aliphatic rings. The summed E-state index contributed by atoms with van der Waals surface area (Å²) in [4.78, 5) is 14.1. The molecule has 2 fully saturated rings. The molecular weight excluding hydrogens is 246 g/mol. The lowest BCUT2D eigenvalue weighted by molar-refractivity contribution is -0.145. The van der Waals surface area contributed by atoms with E-state index in [0.29, 0.717) is 19.5 Å². The first-order chi connectivity index (χ1) is 9.10. The van der Waals surface area contributed by atoms with Gasteiger partial charge in [0.1, 0.15) is 5.84 Å². The van der Waals surface area contributed by atoms with Crippen molar-refractivity contribution >= 4 is 11.7 Å². The van der Waals surface area contributed by atoms with E-state index in [4.69, 9.17) is 15.7 Å².